The van der Waals surface area contributed by atoms with Crippen molar-refractivity contribution in [2.24, 2.45) is 0 Å². The Kier molecular flexibility index (Phi) is 4.68. The standard InChI is InChI=1S/C22H16FN3O2/c1-14-2-4-16(5-3-14)21(27)24-19-12-8-17(9-13-19)22-25-20(26-28-22)15-6-10-18(23)11-7-15/h2-13H,1H3,(H,24,27). The van der Waals surface area contributed by atoms with Crippen molar-refractivity contribution in [3.05, 3.63) is 89.7 Å². The predicted molar refractivity (Wildman–Crippen MR) is 104 cm³/mol. The zero-order chi connectivity index (χ0) is 19.5. The molecule has 1 heterocycles. The molecule has 4 rings (SSSR count). The first-order chi connectivity index (χ1) is 13.6. The maximum atomic E-state index is 13.0. The molecule has 1 N–H and O–H groups in total. The van der Waals surface area contributed by atoms with Gasteiger partial charge < -0.3 is 9.84 Å². The first-order valence-electron chi connectivity index (χ1n) is 8.66. The number of benzene rings is 3. The molecule has 1 aromatic heterocycles. The Bertz CT molecular complexity index is 1100. The van der Waals surface area contributed by atoms with Crippen LogP contribution in [0.1, 0.15) is 15.9 Å². The maximum absolute atomic E-state index is 13.0. The van der Waals surface area contributed by atoms with Crippen molar-refractivity contribution >= 4 is 11.6 Å². The third-order valence-corrected chi connectivity index (χ3v) is 4.23. The molecule has 28 heavy (non-hydrogen) atoms. The van der Waals surface area contributed by atoms with Gasteiger partial charge in [-0.05, 0) is 67.6 Å². The van der Waals surface area contributed by atoms with Crippen LogP contribution in [0.25, 0.3) is 22.8 Å². The number of carbonyl (C=O) groups is 1. The van der Waals surface area contributed by atoms with Gasteiger partial charge in [-0.15, -0.1) is 0 Å². The average molecular weight is 373 g/mol. The molecule has 0 saturated carbocycles. The molecule has 0 unspecified atom stereocenters. The van der Waals surface area contributed by atoms with Crippen LogP contribution in [0.2, 0.25) is 0 Å². The van der Waals surface area contributed by atoms with Gasteiger partial charge in [0.2, 0.25) is 5.82 Å². The lowest BCUT2D eigenvalue weighted by atomic mass is 10.1. The maximum Gasteiger partial charge on any atom is 0.258 e. The molecule has 3 aromatic carbocycles. The number of hydrogen-bond donors (Lipinski definition) is 1. The van der Waals surface area contributed by atoms with E-state index >= 15 is 0 Å². The quantitative estimate of drug-likeness (QED) is 0.540. The Hall–Kier alpha value is -3.80. The van der Waals surface area contributed by atoms with Crippen LogP contribution in [-0.2, 0) is 0 Å². The molecule has 4 aromatic rings. The van der Waals surface area contributed by atoms with Crippen molar-refractivity contribution in [1.29, 1.82) is 0 Å². The Labute approximate surface area is 160 Å². The number of aryl methyl sites for hydroxylation is 1. The molecule has 0 aliphatic carbocycles. The van der Waals surface area contributed by atoms with E-state index in [1.165, 1.54) is 12.1 Å². The summed E-state index contributed by atoms with van der Waals surface area (Å²) in [5.74, 6) is 0.224. The molecule has 0 aliphatic rings. The summed E-state index contributed by atoms with van der Waals surface area (Å²) in [6, 6.07) is 20.3. The SMILES string of the molecule is Cc1ccc(C(=O)Nc2ccc(-c3nc(-c4ccc(F)cc4)no3)cc2)cc1. The molecule has 5 nitrogen and oxygen atoms in total. The molecular formula is C22H16FN3O2. The van der Waals surface area contributed by atoms with Gasteiger partial charge in [0.05, 0.1) is 0 Å². The Morgan fingerprint density at radius 2 is 1.54 bits per heavy atom. The fourth-order valence-electron chi connectivity index (χ4n) is 2.66. The largest absolute Gasteiger partial charge is 0.334 e. The number of nitrogens with zero attached hydrogens (tertiary/aromatic N) is 2. The van der Waals surface area contributed by atoms with Crippen LogP contribution in [0, 0.1) is 12.7 Å². The number of hydrogen-bond acceptors (Lipinski definition) is 4. The van der Waals surface area contributed by atoms with E-state index in [1.54, 1.807) is 48.5 Å². The highest BCUT2D eigenvalue weighted by Crippen LogP contribution is 2.24. The normalized spacial score (nSPS) is 10.6. The summed E-state index contributed by atoms with van der Waals surface area (Å²) in [6.45, 7) is 1.97. The monoisotopic (exact) mass is 373 g/mol. The number of aromatic nitrogens is 2. The van der Waals surface area contributed by atoms with Crippen molar-refractivity contribution in [1.82, 2.24) is 10.1 Å². The zero-order valence-corrected chi connectivity index (χ0v) is 15.0. The summed E-state index contributed by atoms with van der Waals surface area (Å²) in [6.07, 6.45) is 0. The number of amides is 1. The highest BCUT2D eigenvalue weighted by molar-refractivity contribution is 6.04. The van der Waals surface area contributed by atoms with Crippen LogP contribution in [0.3, 0.4) is 0 Å². The number of anilines is 1. The lowest BCUT2D eigenvalue weighted by Crippen LogP contribution is -2.11. The first-order valence-corrected chi connectivity index (χ1v) is 8.66. The minimum Gasteiger partial charge on any atom is -0.334 e. The average Bonchev–Trinajstić information content (AvgIpc) is 3.20. The molecule has 6 heteroatoms. The van der Waals surface area contributed by atoms with Crippen LogP contribution in [0.15, 0.2) is 77.3 Å². The molecule has 1 amide bonds. The fourth-order valence-corrected chi connectivity index (χ4v) is 2.66. The Morgan fingerprint density at radius 1 is 0.893 bits per heavy atom. The van der Waals surface area contributed by atoms with Crippen LogP contribution in [-0.4, -0.2) is 16.0 Å². The van der Waals surface area contributed by atoms with Gasteiger partial charge in [0.1, 0.15) is 5.82 Å². The van der Waals surface area contributed by atoms with E-state index in [4.69, 9.17) is 4.52 Å². The molecule has 0 atom stereocenters. The first kappa shape index (κ1) is 17.6. The number of carbonyl (C=O) groups excluding carboxylic acids is 1. The topological polar surface area (TPSA) is 68.0 Å². The van der Waals surface area contributed by atoms with E-state index in [1.807, 2.05) is 19.1 Å². The number of rotatable bonds is 4. The minimum absolute atomic E-state index is 0.177. The second-order valence-electron chi connectivity index (χ2n) is 6.33. The number of halogens is 1. The minimum atomic E-state index is -0.323. The van der Waals surface area contributed by atoms with Crippen molar-refractivity contribution in [3.8, 4) is 22.8 Å². The summed E-state index contributed by atoms with van der Waals surface area (Å²) in [7, 11) is 0. The van der Waals surface area contributed by atoms with E-state index in [-0.39, 0.29) is 11.7 Å². The van der Waals surface area contributed by atoms with Crippen molar-refractivity contribution in [2.45, 2.75) is 6.92 Å². The highest BCUT2D eigenvalue weighted by Gasteiger charge is 2.11. The van der Waals surface area contributed by atoms with Crippen molar-refractivity contribution in [2.75, 3.05) is 5.32 Å². The van der Waals surface area contributed by atoms with Crippen LogP contribution < -0.4 is 5.32 Å². The van der Waals surface area contributed by atoms with Gasteiger partial charge in [-0.2, -0.15) is 4.98 Å². The molecule has 0 radical (unpaired) electrons. The van der Waals surface area contributed by atoms with Gasteiger partial charge in [0, 0.05) is 22.4 Å². The second kappa shape index (κ2) is 7.44. The molecule has 138 valence electrons. The van der Waals surface area contributed by atoms with Crippen molar-refractivity contribution in [3.63, 3.8) is 0 Å². The van der Waals surface area contributed by atoms with E-state index in [0.717, 1.165) is 5.56 Å². The van der Waals surface area contributed by atoms with Gasteiger partial charge in [-0.3, -0.25) is 4.79 Å². The predicted octanol–water partition coefficient (Wildman–Crippen LogP) is 5.10. The van der Waals surface area contributed by atoms with Gasteiger partial charge in [0.15, 0.2) is 0 Å². The third kappa shape index (κ3) is 3.81. The number of nitrogens with one attached hydrogen (secondary N) is 1. The van der Waals surface area contributed by atoms with Gasteiger partial charge in [0.25, 0.3) is 11.8 Å². The highest BCUT2D eigenvalue weighted by atomic mass is 19.1. The molecular weight excluding hydrogens is 357 g/mol. The van der Waals surface area contributed by atoms with Gasteiger partial charge >= 0.3 is 0 Å². The lowest BCUT2D eigenvalue weighted by Gasteiger charge is -2.06. The van der Waals surface area contributed by atoms with Crippen LogP contribution in [0.4, 0.5) is 10.1 Å². The van der Waals surface area contributed by atoms with Crippen molar-refractivity contribution < 1.29 is 13.7 Å². The lowest BCUT2D eigenvalue weighted by molar-refractivity contribution is 0.102. The molecule has 0 bridgehead atoms. The Balaban J connectivity index is 1.48. The van der Waals surface area contributed by atoms with Gasteiger partial charge in [-0.1, -0.05) is 22.9 Å². The molecule has 0 saturated heterocycles. The smallest absolute Gasteiger partial charge is 0.258 e. The van der Waals surface area contributed by atoms with Crippen LogP contribution >= 0.6 is 0 Å². The van der Waals surface area contributed by atoms with Crippen LogP contribution in [0.5, 0.6) is 0 Å². The third-order valence-electron chi connectivity index (χ3n) is 4.23. The Morgan fingerprint density at radius 3 is 2.21 bits per heavy atom. The molecule has 0 fully saturated rings. The van der Waals surface area contributed by atoms with E-state index < -0.39 is 0 Å². The molecule has 0 spiro atoms. The van der Waals surface area contributed by atoms with E-state index in [9.17, 15) is 9.18 Å². The fraction of sp³-hybridized carbons (Fsp3) is 0.0455. The summed E-state index contributed by atoms with van der Waals surface area (Å²) < 4.78 is 18.3. The summed E-state index contributed by atoms with van der Waals surface area (Å²) >= 11 is 0. The van der Waals surface area contributed by atoms with E-state index in [0.29, 0.717) is 34.1 Å². The summed E-state index contributed by atoms with van der Waals surface area (Å²) in [5.41, 5.74) is 3.73. The zero-order valence-electron chi connectivity index (χ0n) is 15.0. The summed E-state index contributed by atoms with van der Waals surface area (Å²) in [4.78, 5) is 16.6. The van der Waals surface area contributed by atoms with Gasteiger partial charge in [-0.25, -0.2) is 4.39 Å². The second-order valence-corrected chi connectivity index (χ2v) is 6.33. The summed E-state index contributed by atoms with van der Waals surface area (Å²) in [5, 5.41) is 6.78. The van der Waals surface area contributed by atoms with E-state index in [2.05, 4.69) is 15.5 Å². The molecule has 0 aliphatic heterocycles.